The van der Waals surface area contributed by atoms with E-state index in [0.717, 1.165) is 57.9 Å². The van der Waals surface area contributed by atoms with Crippen molar-refractivity contribution in [3.05, 3.63) is 24.3 Å². The normalized spacial score (nSPS) is 22.9. The minimum absolute atomic E-state index is 0.0951. The molecule has 2 N–H and O–H groups in total. The maximum absolute atomic E-state index is 12.2. The zero-order valence-electron chi connectivity index (χ0n) is 12.3. The van der Waals surface area contributed by atoms with Crippen molar-refractivity contribution in [1.82, 2.24) is 5.32 Å². The number of rotatable bonds is 3. The van der Waals surface area contributed by atoms with Crippen LogP contribution < -0.4 is 15.5 Å². The first-order chi connectivity index (χ1) is 10.3. The number of piperidine rings is 1. The van der Waals surface area contributed by atoms with Gasteiger partial charge in [-0.05, 0) is 43.7 Å². The van der Waals surface area contributed by atoms with E-state index in [1.807, 2.05) is 12.1 Å². The molecule has 3 rings (SSSR count). The molecule has 114 valence electrons. The second-order valence-corrected chi connectivity index (χ2v) is 5.68. The summed E-state index contributed by atoms with van der Waals surface area (Å²) in [5.41, 5.74) is 2.07. The number of ether oxygens (including phenoxy) is 1. The van der Waals surface area contributed by atoms with E-state index in [2.05, 4.69) is 27.7 Å². The summed E-state index contributed by atoms with van der Waals surface area (Å²) in [5.74, 6) is 0.221. The molecule has 2 saturated heterocycles. The average molecular weight is 289 g/mol. The van der Waals surface area contributed by atoms with E-state index in [1.54, 1.807) is 0 Å². The van der Waals surface area contributed by atoms with E-state index in [0.29, 0.717) is 0 Å². The summed E-state index contributed by atoms with van der Waals surface area (Å²) >= 11 is 0. The SMILES string of the molecule is O=C(Nc1ccc(N2CCOCC2)cc1)C1CCCNC1. The van der Waals surface area contributed by atoms with Crippen LogP contribution >= 0.6 is 0 Å². The van der Waals surface area contributed by atoms with Crippen molar-refractivity contribution < 1.29 is 9.53 Å². The van der Waals surface area contributed by atoms with Gasteiger partial charge in [-0.2, -0.15) is 0 Å². The molecular weight excluding hydrogens is 266 g/mol. The Labute approximate surface area is 125 Å². The van der Waals surface area contributed by atoms with Gasteiger partial charge in [0.25, 0.3) is 0 Å². The molecule has 1 unspecified atom stereocenters. The maximum atomic E-state index is 12.2. The van der Waals surface area contributed by atoms with Crippen molar-refractivity contribution in [2.24, 2.45) is 5.92 Å². The minimum Gasteiger partial charge on any atom is -0.378 e. The molecule has 0 bridgehead atoms. The lowest BCUT2D eigenvalue weighted by atomic mass is 9.99. The highest BCUT2D eigenvalue weighted by Gasteiger charge is 2.20. The fraction of sp³-hybridized carbons (Fsp3) is 0.562. The van der Waals surface area contributed by atoms with Gasteiger partial charge in [0.15, 0.2) is 0 Å². The standard InChI is InChI=1S/C16H23N3O2/c20-16(13-2-1-7-17-12-13)18-14-3-5-15(6-4-14)19-8-10-21-11-9-19/h3-6,13,17H,1-2,7-12H2,(H,18,20). The van der Waals surface area contributed by atoms with Crippen molar-refractivity contribution in [1.29, 1.82) is 0 Å². The first kappa shape index (κ1) is 14.4. The summed E-state index contributed by atoms with van der Waals surface area (Å²) in [6, 6.07) is 8.11. The number of morpholine rings is 1. The van der Waals surface area contributed by atoms with Crippen LogP contribution in [0.2, 0.25) is 0 Å². The smallest absolute Gasteiger partial charge is 0.228 e. The van der Waals surface area contributed by atoms with Gasteiger partial charge in [0.1, 0.15) is 0 Å². The van der Waals surface area contributed by atoms with E-state index in [9.17, 15) is 4.79 Å². The van der Waals surface area contributed by atoms with Crippen molar-refractivity contribution in [2.75, 3.05) is 49.6 Å². The fourth-order valence-electron chi connectivity index (χ4n) is 2.90. The van der Waals surface area contributed by atoms with Crippen molar-refractivity contribution in [2.45, 2.75) is 12.8 Å². The second kappa shape index (κ2) is 6.91. The Morgan fingerprint density at radius 1 is 1.24 bits per heavy atom. The topological polar surface area (TPSA) is 53.6 Å². The second-order valence-electron chi connectivity index (χ2n) is 5.68. The first-order valence-corrected chi connectivity index (χ1v) is 7.77. The number of amides is 1. The molecule has 1 atom stereocenters. The zero-order valence-corrected chi connectivity index (χ0v) is 12.3. The number of nitrogens with zero attached hydrogens (tertiary/aromatic N) is 1. The summed E-state index contributed by atoms with van der Waals surface area (Å²) in [7, 11) is 0. The van der Waals surface area contributed by atoms with Gasteiger partial charge in [0, 0.05) is 31.0 Å². The number of carbonyl (C=O) groups is 1. The molecular formula is C16H23N3O2. The van der Waals surface area contributed by atoms with Gasteiger partial charge in [-0.3, -0.25) is 4.79 Å². The molecule has 1 amide bonds. The van der Waals surface area contributed by atoms with Gasteiger partial charge in [-0.1, -0.05) is 0 Å². The summed E-state index contributed by atoms with van der Waals surface area (Å²) in [6.07, 6.45) is 2.05. The van der Waals surface area contributed by atoms with Crippen LogP contribution in [0.15, 0.2) is 24.3 Å². The Kier molecular flexibility index (Phi) is 4.72. The predicted molar refractivity (Wildman–Crippen MR) is 83.7 cm³/mol. The van der Waals surface area contributed by atoms with Crippen LogP contribution in [0.4, 0.5) is 11.4 Å². The summed E-state index contributed by atoms with van der Waals surface area (Å²) in [6.45, 7) is 5.24. The van der Waals surface area contributed by atoms with Crippen LogP contribution in [0, 0.1) is 5.92 Å². The van der Waals surface area contributed by atoms with Crippen molar-refractivity contribution in [3.63, 3.8) is 0 Å². The largest absolute Gasteiger partial charge is 0.378 e. The van der Waals surface area contributed by atoms with E-state index in [4.69, 9.17) is 4.74 Å². The third kappa shape index (κ3) is 3.74. The molecule has 5 heteroatoms. The number of hydrogen-bond donors (Lipinski definition) is 2. The van der Waals surface area contributed by atoms with E-state index in [1.165, 1.54) is 5.69 Å². The molecule has 0 radical (unpaired) electrons. The molecule has 1 aromatic carbocycles. The molecule has 21 heavy (non-hydrogen) atoms. The van der Waals surface area contributed by atoms with Crippen LogP contribution in [0.1, 0.15) is 12.8 Å². The Balaban J connectivity index is 1.57. The van der Waals surface area contributed by atoms with E-state index >= 15 is 0 Å². The van der Waals surface area contributed by atoms with Crippen LogP contribution in [-0.2, 0) is 9.53 Å². The maximum Gasteiger partial charge on any atom is 0.228 e. The Morgan fingerprint density at radius 2 is 2.00 bits per heavy atom. The summed E-state index contributed by atoms with van der Waals surface area (Å²) < 4.78 is 5.36. The van der Waals surface area contributed by atoms with Gasteiger partial charge in [0.2, 0.25) is 5.91 Å². The number of benzene rings is 1. The minimum atomic E-state index is 0.0951. The Morgan fingerprint density at radius 3 is 2.67 bits per heavy atom. The van der Waals surface area contributed by atoms with Gasteiger partial charge < -0.3 is 20.3 Å². The van der Waals surface area contributed by atoms with Gasteiger partial charge in [-0.15, -0.1) is 0 Å². The molecule has 2 fully saturated rings. The van der Waals surface area contributed by atoms with Gasteiger partial charge in [-0.25, -0.2) is 0 Å². The highest BCUT2D eigenvalue weighted by molar-refractivity contribution is 5.92. The summed E-state index contributed by atoms with van der Waals surface area (Å²) in [5, 5.41) is 6.29. The van der Waals surface area contributed by atoms with Crippen LogP contribution in [-0.4, -0.2) is 45.3 Å². The zero-order chi connectivity index (χ0) is 14.5. The first-order valence-electron chi connectivity index (χ1n) is 7.77. The molecule has 2 heterocycles. The highest BCUT2D eigenvalue weighted by atomic mass is 16.5. The molecule has 0 aliphatic carbocycles. The quantitative estimate of drug-likeness (QED) is 0.884. The van der Waals surface area contributed by atoms with Crippen LogP contribution in [0.25, 0.3) is 0 Å². The summed E-state index contributed by atoms with van der Waals surface area (Å²) in [4.78, 5) is 14.5. The Hall–Kier alpha value is -1.59. The molecule has 0 spiro atoms. The van der Waals surface area contributed by atoms with E-state index in [-0.39, 0.29) is 11.8 Å². The molecule has 1 aromatic rings. The molecule has 5 nitrogen and oxygen atoms in total. The molecule has 2 aliphatic heterocycles. The molecule has 0 saturated carbocycles. The van der Waals surface area contributed by atoms with Crippen molar-refractivity contribution >= 4 is 17.3 Å². The number of carbonyl (C=O) groups excluding carboxylic acids is 1. The molecule has 0 aromatic heterocycles. The number of anilines is 2. The monoisotopic (exact) mass is 289 g/mol. The van der Waals surface area contributed by atoms with E-state index < -0.39 is 0 Å². The molecule has 2 aliphatic rings. The third-order valence-electron chi connectivity index (χ3n) is 4.18. The lowest BCUT2D eigenvalue weighted by molar-refractivity contribution is -0.120. The lowest BCUT2D eigenvalue weighted by Gasteiger charge is -2.29. The average Bonchev–Trinajstić information content (AvgIpc) is 2.57. The lowest BCUT2D eigenvalue weighted by Crippen LogP contribution is -2.37. The Bertz CT molecular complexity index is 463. The van der Waals surface area contributed by atoms with Gasteiger partial charge >= 0.3 is 0 Å². The highest BCUT2D eigenvalue weighted by Crippen LogP contribution is 2.20. The van der Waals surface area contributed by atoms with Crippen molar-refractivity contribution in [3.8, 4) is 0 Å². The predicted octanol–water partition coefficient (Wildman–Crippen LogP) is 1.46. The third-order valence-corrected chi connectivity index (χ3v) is 4.18. The number of nitrogens with one attached hydrogen (secondary N) is 2. The van der Waals surface area contributed by atoms with Crippen LogP contribution in [0.3, 0.4) is 0 Å². The fourth-order valence-corrected chi connectivity index (χ4v) is 2.90. The van der Waals surface area contributed by atoms with Crippen LogP contribution in [0.5, 0.6) is 0 Å². The number of hydrogen-bond acceptors (Lipinski definition) is 4. The van der Waals surface area contributed by atoms with Gasteiger partial charge in [0.05, 0.1) is 19.1 Å².